The average Bonchev–Trinajstić information content (AvgIpc) is 3.02. The number of allylic oxidation sites excluding steroid dienone is 1. The molecule has 2 aromatic rings. The third-order valence-corrected chi connectivity index (χ3v) is 4.67. The maximum atomic E-state index is 13.9. The van der Waals surface area contributed by atoms with E-state index in [1.54, 1.807) is 13.0 Å². The lowest BCUT2D eigenvalue weighted by Gasteiger charge is -2.19. The molecule has 0 aliphatic heterocycles. The number of alkyl halides is 3. The molecule has 2 atom stereocenters. The lowest BCUT2D eigenvalue weighted by atomic mass is 9.85. The van der Waals surface area contributed by atoms with Crippen LogP contribution in [-0.2, 0) is 11.0 Å². The van der Waals surface area contributed by atoms with E-state index in [0.29, 0.717) is 16.7 Å². The van der Waals surface area contributed by atoms with E-state index in [-0.39, 0.29) is 12.0 Å². The summed E-state index contributed by atoms with van der Waals surface area (Å²) >= 11 is 0. The number of benzene rings is 1. The van der Waals surface area contributed by atoms with Crippen molar-refractivity contribution in [1.82, 2.24) is 4.98 Å². The van der Waals surface area contributed by atoms with Crippen molar-refractivity contribution in [2.75, 3.05) is 0 Å². The maximum Gasteiger partial charge on any atom is 0.433 e. The zero-order chi connectivity index (χ0) is 19.1. The summed E-state index contributed by atoms with van der Waals surface area (Å²) in [6, 6.07) is 6.77. The van der Waals surface area contributed by atoms with Gasteiger partial charge < -0.3 is 5.11 Å². The molecule has 2 unspecified atom stereocenters. The number of halogens is 4. The van der Waals surface area contributed by atoms with Crippen molar-refractivity contribution < 1.29 is 27.5 Å². The third kappa shape index (κ3) is 3.34. The summed E-state index contributed by atoms with van der Waals surface area (Å²) < 4.78 is 52.5. The lowest BCUT2D eigenvalue weighted by Crippen LogP contribution is -2.17. The summed E-state index contributed by atoms with van der Waals surface area (Å²) in [5, 5.41) is 9.52. The third-order valence-electron chi connectivity index (χ3n) is 4.67. The van der Waals surface area contributed by atoms with Gasteiger partial charge in [-0.3, -0.25) is 9.78 Å². The van der Waals surface area contributed by atoms with Gasteiger partial charge in [0.25, 0.3) is 0 Å². The Morgan fingerprint density at radius 2 is 2.00 bits per heavy atom. The number of carboxylic acid groups (broad SMARTS) is 1. The molecule has 1 aliphatic carbocycles. The second-order valence-electron chi connectivity index (χ2n) is 6.25. The Morgan fingerprint density at radius 1 is 1.27 bits per heavy atom. The number of aliphatic carboxylic acids is 1. The van der Waals surface area contributed by atoms with E-state index in [4.69, 9.17) is 0 Å². The number of pyridine rings is 1. The quantitative estimate of drug-likeness (QED) is 0.794. The number of carbonyl (C=O) groups is 1. The van der Waals surface area contributed by atoms with Gasteiger partial charge in [0.05, 0.1) is 5.92 Å². The van der Waals surface area contributed by atoms with Gasteiger partial charge in [0.15, 0.2) is 0 Å². The number of rotatable bonds is 3. The van der Waals surface area contributed by atoms with Crippen LogP contribution in [0.4, 0.5) is 17.6 Å². The first-order chi connectivity index (χ1) is 12.2. The lowest BCUT2D eigenvalue weighted by molar-refractivity contribution is -0.141. The minimum atomic E-state index is -4.58. The summed E-state index contributed by atoms with van der Waals surface area (Å²) in [6.45, 7) is 1.57. The van der Waals surface area contributed by atoms with E-state index in [1.165, 1.54) is 24.3 Å². The first-order valence-electron chi connectivity index (χ1n) is 7.90. The largest absolute Gasteiger partial charge is 0.481 e. The van der Waals surface area contributed by atoms with Crippen molar-refractivity contribution in [2.24, 2.45) is 5.92 Å². The SMILES string of the molecule is Cc1c(F)cccc1C1CC(c2ccnc(C(F)(F)F)c2)=CC1C(=O)O. The van der Waals surface area contributed by atoms with Crippen LogP contribution in [0.25, 0.3) is 5.57 Å². The van der Waals surface area contributed by atoms with Crippen molar-refractivity contribution in [1.29, 1.82) is 0 Å². The van der Waals surface area contributed by atoms with Gasteiger partial charge in [-0.1, -0.05) is 18.2 Å². The van der Waals surface area contributed by atoms with Crippen LogP contribution in [0.15, 0.2) is 42.6 Å². The van der Waals surface area contributed by atoms with E-state index >= 15 is 0 Å². The normalized spacial score (nSPS) is 20.1. The van der Waals surface area contributed by atoms with E-state index in [0.717, 1.165) is 12.3 Å². The summed E-state index contributed by atoms with van der Waals surface area (Å²) in [6.07, 6.45) is -1.87. The molecule has 1 heterocycles. The highest BCUT2D eigenvalue weighted by Gasteiger charge is 2.37. The fourth-order valence-corrected chi connectivity index (χ4v) is 3.34. The molecular weight excluding hydrogens is 350 g/mol. The van der Waals surface area contributed by atoms with Crippen LogP contribution in [0.3, 0.4) is 0 Å². The standard InChI is InChI=1S/C19H15F4NO2/c1-10-13(3-2-4-16(10)20)14-7-12(8-15(14)18(25)26)11-5-6-24-17(9-11)19(21,22)23/h2-6,8-9,14-15H,7H2,1H3,(H,25,26). The number of hydrogen-bond donors (Lipinski definition) is 1. The Hall–Kier alpha value is -2.70. The monoisotopic (exact) mass is 365 g/mol. The van der Waals surface area contributed by atoms with Crippen LogP contribution in [0.2, 0.25) is 0 Å². The molecule has 1 aromatic heterocycles. The predicted octanol–water partition coefficient (Wildman–Crippen LogP) is 4.82. The molecule has 26 heavy (non-hydrogen) atoms. The first kappa shape index (κ1) is 18.1. The predicted molar refractivity (Wildman–Crippen MR) is 86.8 cm³/mol. The molecular formula is C19H15F4NO2. The first-order valence-corrected chi connectivity index (χ1v) is 7.90. The molecule has 0 fully saturated rings. The molecule has 0 bridgehead atoms. The number of nitrogens with zero attached hydrogens (tertiary/aromatic N) is 1. The molecule has 1 N–H and O–H groups in total. The van der Waals surface area contributed by atoms with E-state index in [2.05, 4.69) is 4.98 Å². The van der Waals surface area contributed by atoms with Crippen LogP contribution in [0.1, 0.15) is 34.7 Å². The average molecular weight is 365 g/mol. The highest BCUT2D eigenvalue weighted by atomic mass is 19.4. The number of hydrogen-bond acceptors (Lipinski definition) is 2. The molecule has 0 radical (unpaired) electrons. The molecule has 0 saturated carbocycles. The second kappa shape index (κ2) is 6.55. The van der Waals surface area contributed by atoms with Crippen LogP contribution in [-0.4, -0.2) is 16.1 Å². The maximum absolute atomic E-state index is 13.9. The zero-order valence-electron chi connectivity index (χ0n) is 13.7. The van der Waals surface area contributed by atoms with E-state index < -0.39 is 35.5 Å². The molecule has 0 amide bonds. The molecule has 1 aromatic carbocycles. The molecule has 0 saturated heterocycles. The van der Waals surface area contributed by atoms with Gasteiger partial charge in [-0.25, -0.2) is 4.39 Å². The Morgan fingerprint density at radius 3 is 2.65 bits per heavy atom. The molecule has 0 spiro atoms. The fourth-order valence-electron chi connectivity index (χ4n) is 3.34. The fraction of sp³-hybridized carbons (Fsp3) is 0.263. The molecule has 3 nitrogen and oxygen atoms in total. The Labute approximate surface area is 147 Å². The summed E-state index contributed by atoms with van der Waals surface area (Å²) in [4.78, 5) is 15.0. The Kier molecular flexibility index (Phi) is 4.56. The highest BCUT2D eigenvalue weighted by Crippen LogP contribution is 2.44. The molecule has 7 heteroatoms. The van der Waals surface area contributed by atoms with Crippen molar-refractivity contribution in [2.45, 2.75) is 25.4 Å². The van der Waals surface area contributed by atoms with Crippen LogP contribution < -0.4 is 0 Å². The van der Waals surface area contributed by atoms with Gasteiger partial charge in [0.2, 0.25) is 0 Å². The van der Waals surface area contributed by atoms with Gasteiger partial charge in [-0.2, -0.15) is 13.2 Å². The summed E-state index contributed by atoms with van der Waals surface area (Å²) in [5.41, 5.74) is 0.625. The van der Waals surface area contributed by atoms with Crippen molar-refractivity contribution in [3.8, 4) is 0 Å². The van der Waals surface area contributed by atoms with Gasteiger partial charge in [0, 0.05) is 12.1 Å². The number of aromatic nitrogens is 1. The Balaban J connectivity index is 2.00. The zero-order valence-corrected chi connectivity index (χ0v) is 13.7. The smallest absolute Gasteiger partial charge is 0.433 e. The van der Waals surface area contributed by atoms with Crippen molar-refractivity contribution >= 4 is 11.5 Å². The van der Waals surface area contributed by atoms with Crippen LogP contribution in [0, 0.1) is 18.7 Å². The second-order valence-corrected chi connectivity index (χ2v) is 6.25. The summed E-state index contributed by atoms with van der Waals surface area (Å²) in [5.74, 6) is -3.02. The molecule has 136 valence electrons. The van der Waals surface area contributed by atoms with E-state index in [1.807, 2.05) is 0 Å². The Bertz CT molecular complexity index is 889. The highest BCUT2D eigenvalue weighted by molar-refractivity contribution is 5.82. The van der Waals surface area contributed by atoms with Gasteiger partial charge in [-0.05, 0) is 53.8 Å². The van der Waals surface area contributed by atoms with Gasteiger partial charge >= 0.3 is 12.1 Å². The molecule has 3 rings (SSSR count). The van der Waals surface area contributed by atoms with Gasteiger partial charge in [-0.15, -0.1) is 0 Å². The minimum Gasteiger partial charge on any atom is -0.481 e. The minimum absolute atomic E-state index is 0.211. The molecule has 1 aliphatic rings. The van der Waals surface area contributed by atoms with Gasteiger partial charge in [0.1, 0.15) is 11.5 Å². The van der Waals surface area contributed by atoms with Crippen molar-refractivity contribution in [3.63, 3.8) is 0 Å². The number of carboxylic acids is 1. The van der Waals surface area contributed by atoms with Crippen LogP contribution in [0.5, 0.6) is 0 Å². The van der Waals surface area contributed by atoms with E-state index in [9.17, 15) is 27.5 Å². The van der Waals surface area contributed by atoms with Crippen molar-refractivity contribution in [3.05, 3.63) is 70.8 Å². The topological polar surface area (TPSA) is 50.2 Å². The van der Waals surface area contributed by atoms with Crippen LogP contribution >= 0.6 is 0 Å². The summed E-state index contributed by atoms with van der Waals surface area (Å²) in [7, 11) is 0.